The van der Waals surface area contributed by atoms with Crippen molar-refractivity contribution in [2.75, 3.05) is 23.4 Å². The number of amides is 2. The average molecular weight is 352 g/mol. The van der Waals surface area contributed by atoms with Gasteiger partial charge in [0.2, 0.25) is 11.8 Å². The maximum absolute atomic E-state index is 12.7. The number of anilines is 2. The van der Waals surface area contributed by atoms with E-state index in [0.717, 1.165) is 28.3 Å². The second kappa shape index (κ2) is 7.60. The van der Waals surface area contributed by atoms with Crippen molar-refractivity contribution in [3.8, 4) is 5.75 Å². The topological polar surface area (TPSA) is 58.6 Å². The van der Waals surface area contributed by atoms with E-state index < -0.39 is 0 Å². The SMILES string of the molecule is CCOc1ccc(N2CC(C(=O)Nc3c(C)cccc3C)CC2=O)cc1. The van der Waals surface area contributed by atoms with Crippen LogP contribution in [0.25, 0.3) is 0 Å². The van der Waals surface area contributed by atoms with Crippen LogP contribution in [0, 0.1) is 19.8 Å². The number of nitrogens with one attached hydrogen (secondary N) is 1. The monoisotopic (exact) mass is 352 g/mol. The first-order chi connectivity index (χ1) is 12.5. The Labute approximate surface area is 154 Å². The van der Waals surface area contributed by atoms with E-state index in [1.807, 2.05) is 63.2 Å². The quantitative estimate of drug-likeness (QED) is 0.893. The molecule has 0 spiro atoms. The first-order valence-corrected chi connectivity index (χ1v) is 8.90. The average Bonchev–Trinajstić information content (AvgIpc) is 3.01. The fraction of sp³-hybridized carbons (Fsp3) is 0.333. The van der Waals surface area contributed by atoms with E-state index in [-0.39, 0.29) is 24.2 Å². The molecule has 2 aromatic rings. The highest BCUT2D eigenvalue weighted by Gasteiger charge is 2.35. The molecule has 1 N–H and O–H groups in total. The standard InChI is InChI=1S/C21H24N2O3/c1-4-26-18-10-8-17(9-11-18)23-13-16(12-19(23)24)21(25)22-20-14(2)6-5-7-15(20)3/h5-11,16H,4,12-13H2,1-3H3,(H,22,25). The summed E-state index contributed by atoms with van der Waals surface area (Å²) < 4.78 is 5.43. The van der Waals surface area contributed by atoms with E-state index in [9.17, 15) is 9.59 Å². The van der Waals surface area contributed by atoms with Crippen molar-refractivity contribution < 1.29 is 14.3 Å². The third-order valence-electron chi connectivity index (χ3n) is 4.68. The number of nitrogens with zero attached hydrogens (tertiary/aromatic N) is 1. The smallest absolute Gasteiger partial charge is 0.229 e. The van der Waals surface area contributed by atoms with E-state index in [2.05, 4.69) is 5.32 Å². The molecule has 0 aromatic heterocycles. The Morgan fingerprint density at radius 2 is 1.81 bits per heavy atom. The molecule has 1 aliphatic rings. The minimum Gasteiger partial charge on any atom is -0.494 e. The Bertz CT molecular complexity index is 794. The van der Waals surface area contributed by atoms with Crippen LogP contribution in [0.4, 0.5) is 11.4 Å². The van der Waals surface area contributed by atoms with E-state index in [4.69, 9.17) is 4.74 Å². The van der Waals surface area contributed by atoms with Crippen LogP contribution in [-0.4, -0.2) is 25.0 Å². The van der Waals surface area contributed by atoms with Crippen LogP contribution in [0.2, 0.25) is 0 Å². The maximum Gasteiger partial charge on any atom is 0.229 e. The van der Waals surface area contributed by atoms with Gasteiger partial charge in [0.15, 0.2) is 0 Å². The lowest BCUT2D eigenvalue weighted by molar-refractivity contribution is -0.122. The zero-order valence-electron chi connectivity index (χ0n) is 15.4. The first kappa shape index (κ1) is 18.0. The van der Waals surface area contributed by atoms with Gasteiger partial charge in [-0.15, -0.1) is 0 Å². The summed E-state index contributed by atoms with van der Waals surface area (Å²) in [6, 6.07) is 13.3. The number of carbonyl (C=O) groups is 2. The molecule has 2 amide bonds. The molecule has 1 heterocycles. The van der Waals surface area contributed by atoms with Crippen LogP contribution in [0.5, 0.6) is 5.75 Å². The van der Waals surface area contributed by atoms with Gasteiger partial charge in [-0.3, -0.25) is 9.59 Å². The molecular weight excluding hydrogens is 328 g/mol. The summed E-state index contributed by atoms with van der Waals surface area (Å²) >= 11 is 0. The van der Waals surface area contributed by atoms with Gasteiger partial charge in [0, 0.05) is 24.3 Å². The molecular formula is C21H24N2O3. The molecule has 136 valence electrons. The van der Waals surface area contributed by atoms with Crippen molar-refractivity contribution in [3.63, 3.8) is 0 Å². The van der Waals surface area contributed by atoms with E-state index in [1.165, 1.54) is 0 Å². The minimum atomic E-state index is -0.354. The predicted molar refractivity (Wildman–Crippen MR) is 103 cm³/mol. The van der Waals surface area contributed by atoms with Crippen LogP contribution in [0.15, 0.2) is 42.5 Å². The molecule has 0 radical (unpaired) electrons. The minimum absolute atomic E-state index is 0.0317. The summed E-state index contributed by atoms with van der Waals surface area (Å²) in [6.45, 7) is 6.85. The summed E-state index contributed by atoms with van der Waals surface area (Å²) in [4.78, 5) is 26.7. The molecule has 5 nitrogen and oxygen atoms in total. The fourth-order valence-corrected chi connectivity index (χ4v) is 3.26. The lowest BCUT2D eigenvalue weighted by atomic mass is 10.1. The number of hydrogen-bond donors (Lipinski definition) is 1. The van der Waals surface area contributed by atoms with Crippen LogP contribution in [0.1, 0.15) is 24.5 Å². The van der Waals surface area contributed by atoms with Crippen LogP contribution >= 0.6 is 0 Å². The molecule has 0 aliphatic carbocycles. The summed E-state index contributed by atoms with van der Waals surface area (Å²) in [5, 5.41) is 3.00. The number of ether oxygens (including phenoxy) is 1. The van der Waals surface area contributed by atoms with Crippen LogP contribution < -0.4 is 15.0 Å². The van der Waals surface area contributed by atoms with Gasteiger partial charge < -0.3 is 15.0 Å². The van der Waals surface area contributed by atoms with Crippen molar-refractivity contribution in [1.82, 2.24) is 0 Å². The molecule has 1 aliphatic heterocycles. The summed E-state index contributed by atoms with van der Waals surface area (Å²) in [5.74, 6) is 0.278. The third-order valence-corrected chi connectivity index (χ3v) is 4.68. The van der Waals surface area contributed by atoms with E-state index in [1.54, 1.807) is 4.90 Å². The van der Waals surface area contributed by atoms with Gasteiger partial charge in [-0.25, -0.2) is 0 Å². The zero-order chi connectivity index (χ0) is 18.7. The molecule has 0 saturated carbocycles. The first-order valence-electron chi connectivity index (χ1n) is 8.90. The van der Waals surface area contributed by atoms with Gasteiger partial charge >= 0.3 is 0 Å². The number of benzene rings is 2. The number of rotatable bonds is 5. The van der Waals surface area contributed by atoms with Gasteiger partial charge in [-0.05, 0) is 56.2 Å². The number of aryl methyl sites for hydroxylation is 2. The van der Waals surface area contributed by atoms with Crippen molar-refractivity contribution in [3.05, 3.63) is 53.6 Å². The van der Waals surface area contributed by atoms with Gasteiger partial charge in [0.25, 0.3) is 0 Å². The number of hydrogen-bond acceptors (Lipinski definition) is 3. The highest BCUT2D eigenvalue weighted by molar-refractivity contribution is 6.03. The Morgan fingerprint density at radius 3 is 2.42 bits per heavy atom. The second-order valence-corrected chi connectivity index (χ2v) is 6.59. The molecule has 0 bridgehead atoms. The molecule has 1 saturated heterocycles. The number of carbonyl (C=O) groups excluding carboxylic acids is 2. The van der Waals surface area contributed by atoms with Crippen molar-refractivity contribution in [2.45, 2.75) is 27.2 Å². The van der Waals surface area contributed by atoms with Crippen molar-refractivity contribution in [1.29, 1.82) is 0 Å². The maximum atomic E-state index is 12.7. The van der Waals surface area contributed by atoms with Crippen LogP contribution in [0.3, 0.4) is 0 Å². The van der Waals surface area contributed by atoms with Crippen molar-refractivity contribution >= 4 is 23.2 Å². The van der Waals surface area contributed by atoms with Crippen LogP contribution in [-0.2, 0) is 9.59 Å². The molecule has 5 heteroatoms. The Morgan fingerprint density at radius 1 is 1.15 bits per heavy atom. The lowest BCUT2D eigenvalue weighted by Gasteiger charge is -2.18. The summed E-state index contributed by atoms with van der Waals surface area (Å²) in [7, 11) is 0. The van der Waals surface area contributed by atoms with E-state index in [0.29, 0.717) is 13.2 Å². The largest absolute Gasteiger partial charge is 0.494 e. The second-order valence-electron chi connectivity index (χ2n) is 6.59. The van der Waals surface area contributed by atoms with Crippen molar-refractivity contribution in [2.24, 2.45) is 5.92 Å². The molecule has 1 fully saturated rings. The normalized spacial score (nSPS) is 16.7. The van der Waals surface area contributed by atoms with Gasteiger partial charge in [0.1, 0.15) is 5.75 Å². The predicted octanol–water partition coefficient (Wildman–Crippen LogP) is 3.69. The zero-order valence-corrected chi connectivity index (χ0v) is 15.4. The molecule has 3 rings (SSSR count). The Kier molecular flexibility index (Phi) is 5.26. The Balaban J connectivity index is 1.70. The lowest BCUT2D eigenvalue weighted by Crippen LogP contribution is -2.28. The highest BCUT2D eigenvalue weighted by atomic mass is 16.5. The third kappa shape index (κ3) is 3.72. The molecule has 1 unspecified atom stereocenters. The molecule has 26 heavy (non-hydrogen) atoms. The summed E-state index contributed by atoms with van der Waals surface area (Å²) in [6.07, 6.45) is 0.226. The summed E-state index contributed by atoms with van der Waals surface area (Å²) in [5.41, 5.74) is 3.67. The van der Waals surface area contributed by atoms with E-state index >= 15 is 0 Å². The fourth-order valence-electron chi connectivity index (χ4n) is 3.26. The number of para-hydroxylation sites is 1. The van der Waals surface area contributed by atoms with Gasteiger partial charge in [-0.1, -0.05) is 18.2 Å². The highest BCUT2D eigenvalue weighted by Crippen LogP contribution is 2.28. The van der Waals surface area contributed by atoms with Gasteiger partial charge in [0.05, 0.1) is 12.5 Å². The van der Waals surface area contributed by atoms with Gasteiger partial charge in [-0.2, -0.15) is 0 Å². The molecule has 1 atom stereocenters. The molecule has 2 aromatic carbocycles. The Hall–Kier alpha value is -2.82.